The average molecular weight is 301 g/mol. The highest BCUT2D eigenvalue weighted by Gasteiger charge is 2.37. The van der Waals surface area contributed by atoms with Gasteiger partial charge in [-0.25, -0.2) is 0 Å². The number of hydrogen-bond donors (Lipinski definition) is 2. The number of hydrogen-bond acceptors (Lipinski definition) is 2. The minimum Gasteiger partial charge on any atom is -0.381 e. The van der Waals surface area contributed by atoms with E-state index in [-0.39, 0.29) is 11.1 Å². The molecule has 1 aliphatic heterocycles. The lowest BCUT2D eigenvalue weighted by atomic mass is 9.79. The number of nitrogens with one attached hydrogen (secondary N) is 2. The molecule has 0 spiro atoms. The molecule has 2 rings (SSSR count). The molecule has 1 aromatic rings. The molecule has 0 aliphatic carbocycles. The zero-order chi connectivity index (χ0) is 14.3. The Balaban J connectivity index is 2.16. The van der Waals surface area contributed by atoms with Crippen LogP contribution in [0.4, 0.5) is 5.69 Å². The standard InChI is InChI=1S/C15H22Cl2N2/c1-14(2)8-11(9-15(3,4)19-14)18-13-7-10(16)5-6-12(13)17/h5-7,11,18-19H,8-9H2,1-4H3. The predicted octanol–water partition coefficient (Wildman–Crippen LogP) is 4.71. The summed E-state index contributed by atoms with van der Waals surface area (Å²) in [5.41, 5.74) is 1.15. The van der Waals surface area contributed by atoms with Crippen molar-refractivity contribution in [1.82, 2.24) is 5.32 Å². The Morgan fingerprint density at radius 2 is 1.68 bits per heavy atom. The summed E-state index contributed by atoms with van der Waals surface area (Å²) >= 11 is 12.3. The van der Waals surface area contributed by atoms with E-state index < -0.39 is 0 Å². The topological polar surface area (TPSA) is 24.1 Å². The fraction of sp³-hybridized carbons (Fsp3) is 0.600. The van der Waals surface area contributed by atoms with Crippen molar-refractivity contribution in [2.24, 2.45) is 0 Å². The van der Waals surface area contributed by atoms with Crippen molar-refractivity contribution in [1.29, 1.82) is 0 Å². The van der Waals surface area contributed by atoms with Gasteiger partial charge in [0, 0.05) is 22.1 Å². The summed E-state index contributed by atoms with van der Waals surface area (Å²) in [6.45, 7) is 8.95. The van der Waals surface area contributed by atoms with Crippen molar-refractivity contribution in [2.45, 2.75) is 57.7 Å². The number of anilines is 1. The van der Waals surface area contributed by atoms with Gasteiger partial charge in [0.2, 0.25) is 0 Å². The Labute approximate surface area is 125 Å². The molecule has 0 saturated carbocycles. The molecule has 0 amide bonds. The van der Waals surface area contributed by atoms with Crippen LogP contribution in [0.25, 0.3) is 0 Å². The van der Waals surface area contributed by atoms with Gasteiger partial charge in [0.1, 0.15) is 0 Å². The van der Waals surface area contributed by atoms with Crippen LogP contribution in [0.1, 0.15) is 40.5 Å². The lowest BCUT2D eigenvalue weighted by Gasteiger charge is -2.47. The highest BCUT2D eigenvalue weighted by molar-refractivity contribution is 6.35. The summed E-state index contributed by atoms with van der Waals surface area (Å²) in [4.78, 5) is 0. The molecule has 0 radical (unpaired) electrons. The van der Waals surface area contributed by atoms with Gasteiger partial charge in [-0.15, -0.1) is 0 Å². The van der Waals surface area contributed by atoms with Gasteiger partial charge < -0.3 is 10.6 Å². The van der Waals surface area contributed by atoms with Gasteiger partial charge in [-0.05, 0) is 58.7 Å². The van der Waals surface area contributed by atoms with E-state index in [1.165, 1.54) is 0 Å². The zero-order valence-electron chi connectivity index (χ0n) is 12.0. The number of benzene rings is 1. The molecule has 0 atom stereocenters. The first kappa shape index (κ1) is 15.0. The minimum absolute atomic E-state index is 0.116. The van der Waals surface area contributed by atoms with E-state index in [1.807, 2.05) is 18.2 Å². The molecule has 1 saturated heterocycles. The second kappa shape index (κ2) is 5.16. The number of rotatable bonds is 2. The molecular weight excluding hydrogens is 279 g/mol. The Bertz CT molecular complexity index is 453. The molecule has 4 heteroatoms. The zero-order valence-corrected chi connectivity index (χ0v) is 13.5. The number of halogens is 2. The van der Waals surface area contributed by atoms with Crippen LogP contribution in [0.3, 0.4) is 0 Å². The first-order valence-electron chi connectivity index (χ1n) is 6.68. The highest BCUT2D eigenvalue weighted by Crippen LogP contribution is 2.33. The van der Waals surface area contributed by atoms with E-state index in [1.54, 1.807) is 0 Å². The van der Waals surface area contributed by atoms with Gasteiger partial charge in [-0.3, -0.25) is 0 Å². The van der Waals surface area contributed by atoms with Crippen molar-refractivity contribution >= 4 is 28.9 Å². The smallest absolute Gasteiger partial charge is 0.0638 e. The third-order valence-electron chi connectivity index (χ3n) is 3.48. The summed E-state index contributed by atoms with van der Waals surface area (Å²) in [7, 11) is 0. The van der Waals surface area contributed by atoms with Crippen molar-refractivity contribution in [3.63, 3.8) is 0 Å². The normalized spacial score (nSPS) is 22.2. The maximum Gasteiger partial charge on any atom is 0.0638 e. The van der Waals surface area contributed by atoms with Gasteiger partial charge in [0.15, 0.2) is 0 Å². The summed E-state index contributed by atoms with van der Waals surface area (Å²) in [6.07, 6.45) is 2.11. The minimum atomic E-state index is 0.116. The number of piperidine rings is 1. The lowest BCUT2D eigenvalue weighted by molar-refractivity contribution is 0.170. The van der Waals surface area contributed by atoms with E-state index in [0.29, 0.717) is 11.1 Å². The van der Waals surface area contributed by atoms with Crippen LogP contribution in [0.5, 0.6) is 0 Å². The Morgan fingerprint density at radius 3 is 2.26 bits per heavy atom. The molecule has 106 valence electrons. The summed E-state index contributed by atoms with van der Waals surface area (Å²) in [6, 6.07) is 5.93. The summed E-state index contributed by atoms with van der Waals surface area (Å²) in [5, 5.41) is 8.65. The van der Waals surface area contributed by atoms with Crippen molar-refractivity contribution in [3.8, 4) is 0 Å². The van der Waals surface area contributed by atoms with Crippen LogP contribution < -0.4 is 10.6 Å². The molecule has 0 unspecified atom stereocenters. The molecular formula is C15H22Cl2N2. The predicted molar refractivity (Wildman–Crippen MR) is 84.4 cm³/mol. The van der Waals surface area contributed by atoms with Crippen LogP contribution in [-0.4, -0.2) is 17.1 Å². The largest absolute Gasteiger partial charge is 0.381 e. The Morgan fingerprint density at radius 1 is 1.11 bits per heavy atom. The van der Waals surface area contributed by atoms with Crippen LogP contribution in [0, 0.1) is 0 Å². The van der Waals surface area contributed by atoms with Crippen LogP contribution in [0.2, 0.25) is 10.0 Å². The first-order chi connectivity index (χ1) is 8.67. The van der Waals surface area contributed by atoms with Crippen LogP contribution in [-0.2, 0) is 0 Å². The van der Waals surface area contributed by atoms with Crippen LogP contribution >= 0.6 is 23.2 Å². The molecule has 1 fully saturated rings. The van der Waals surface area contributed by atoms with E-state index >= 15 is 0 Å². The Hall–Kier alpha value is -0.440. The highest BCUT2D eigenvalue weighted by atomic mass is 35.5. The third-order valence-corrected chi connectivity index (χ3v) is 4.04. The second-order valence-electron chi connectivity index (χ2n) is 6.77. The van der Waals surface area contributed by atoms with Crippen molar-refractivity contribution < 1.29 is 0 Å². The maximum atomic E-state index is 6.22. The van der Waals surface area contributed by atoms with Gasteiger partial charge in [-0.1, -0.05) is 23.2 Å². The SMILES string of the molecule is CC1(C)CC(Nc2cc(Cl)ccc2Cl)CC(C)(C)N1. The Kier molecular flexibility index (Phi) is 4.06. The van der Waals surface area contributed by atoms with E-state index in [9.17, 15) is 0 Å². The van der Waals surface area contributed by atoms with E-state index in [0.717, 1.165) is 23.6 Å². The molecule has 1 heterocycles. The van der Waals surface area contributed by atoms with Gasteiger partial charge in [0.25, 0.3) is 0 Å². The van der Waals surface area contributed by atoms with E-state index in [2.05, 4.69) is 38.3 Å². The van der Waals surface area contributed by atoms with Crippen LogP contribution in [0.15, 0.2) is 18.2 Å². The van der Waals surface area contributed by atoms with Crippen molar-refractivity contribution in [2.75, 3.05) is 5.32 Å². The summed E-state index contributed by atoms with van der Waals surface area (Å²) in [5.74, 6) is 0. The summed E-state index contributed by atoms with van der Waals surface area (Å²) < 4.78 is 0. The molecule has 2 nitrogen and oxygen atoms in total. The monoisotopic (exact) mass is 300 g/mol. The fourth-order valence-electron chi connectivity index (χ4n) is 3.25. The molecule has 19 heavy (non-hydrogen) atoms. The molecule has 2 N–H and O–H groups in total. The fourth-order valence-corrected chi connectivity index (χ4v) is 3.60. The first-order valence-corrected chi connectivity index (χ1v) is 7.43. The maximum absolute atomic E-state index is 6.22. The molecule has 1 aliphatic rings. The van der Waals surface area contributed by atoms with Gasteiger partial charge >= 0.3 is 0 Å². The molecule has 1 aromatic carbocycles. The lowest BCUT2D eigenvalue weighted by Crippen LogP contribution is -2.60. The van der Waals surface area contributed by atoms with Crippen molar-refractivity contribution in [3.05, 3.63) is 28.2 Å². The van der Waals surface area contributed by atoms with Gasteiger partial charge in [0.05, 0.1) is 10.7 Å². The van der Waals surface area contributed by atoms with E-state index in [4.69, 9.17) is 23.2 Å². The molecule has 0 bridgehead atoms. The van der Waals surface area contributed by atoms with Gasteiger partial charge in [-0.2, -0.15) is 0 Å². The third kappa shape index (κ3) is 4.01. The average Bonchev–Trinajstić information content (AvgIpc) is 2.18. The quantitative estimate of drug-likeness (QED) is 0.826. The molecule has 0 aromatic heterocycles. The second-order valence-corrected chi connectivity index (χ2v) is 7.61.